The highest BCUT2D eigenvalue weighted by molar-refractivity contribution is 7.90. The molecule has 31 heavy (non-hydrogen) atoms. The van der Waals surface area contributed by atoms with Crippen LogP contribution in [0.4, 0.5) is 5.82 Å². The van der Waals surface area contributed by atoms with Gasteiger partial charge >= 0.3 is 0 Å². The minimum Gasteiger partial charge on any atom is -0.383 e. The first-order chi connectivity index (χ1) is 14.7. The number of imidazole rings is 1. The smallest absolute Gasteiger partial charge is 0.194 e. The number of fused-ring (bicyclic) bond motifs is 2. The summed E-state index contributed by atoms with van der Waals surface area (Å²) in [7, 11) is -3.31. The number of hydrogen-bond acceptors (Lipinski definition) is 6. The van der Waals surface area contributed by atoms with E-state index in [1.807, 2.05) is 25.1 Å². The van der Waals surface area contributed by atoms with Crippen LogP contribution in [-0.4, -0.2) is 40.2 Å². The first kappa shape index (κ1) is 19.3. The van der Waals surface area contributed by atoms with Crippen molar-refractivity contribution >= 4 is 38.5 Å². The van der Waals surface area contributed by atoms with E-state index >= 15 is 0 Å². The third-order valence-electron chi connectivity index (χ3n) is 5.42. The molecule has 2 aromatic heterocycles. The van der Waals surface area contributed by atoms with Gasteiger partial charge in [-0.3, -0.25) is 4.79 Å². The van der Waals surface area contributed by atoms with Gasteiger partial charge in [-0.2, -0.15) is 5.10 Å². The number of nitrogens with two attached hydrogens (primary N) is 1. The molecular weight excluding hydrogens is 414 g/mol. The van der Waals surface area contributed by atoms with Crippen LogP contribution < -0.4 is 5.73 Å². The number of H-pyrrole nitrogens is 1. The van der Waals surface area contributed by atoms with Crippen LogP contribution in [0.1, 0.15) is 27.3 Å². The molecule has 1 aliphatic carbocycles. The highest BCUT2D eigenvalue weighted by atomic mass is 32.2. The number of carbonyl (C=O) groups excluding carboxylic acids is 1. The van der Waals surface area contributed by atoms with E-state index < -0.39 is 9.84 Å². The minimum absolute atomic E-state index is 0.223. The maximum atomic E-state index is 13.1. The van der Waals surface area contributed by atoms with Crippen LogP contribution in [-0.2, 0) is 16.3 Å². The van der Waals surface area contributed by atoms with Crippen molar-refractivity contribution in [1.29, 1.82) is 0 Å². The molecule has 0 amide bonds. The number of hydrogen-bond donors (Lipinski definition) is 2. The van der Waals surface area contributed by atoms with Crippen molar-refractivity contribution in [3.05, 3.63) is 70.7 Å². The van der Waals surface area contributed by atoms with Crippen molar-refractivity contribution in [2.24, 2.45) is 0 Å². The van der Waals surface area contributed by atoms with Crippen LogP contribution in [0.3, 0.4) is 0 Å². The number of nitrogens with one attached hydrogen (secondary N) is 1. The number of anilines is 1. The van der Waals surface area contributed by atoms with E-state index in [1.54, 1.807) is 24.3 Å². The lowest BCUT2D eigenvalue weighted by atomic mass is 10.0. The Kier molecular flexibility index (Phi) is 4.13. The second-order valence-corrected chi connectivity index (χ2v) is 9.70. The summed E-state index contributed by atoms with van der Waals surface area (Å²) in [6.07, 6.45) is 4.76. The standard InChI is InChI=1S/C22H19N5O3S/c1-12-25-19-6-4-16(10-20(19)26-12)27-22(23)18(11-24-27)21(28)15-7-13-3-5-17(31(2,29)30)9-14(13)8-15/h3-7,9-11H,8,23H2,1-2H3,(H,25,26). The van der Waals surface area contributed by atoms with Crippen molar-refractivity contribution in [2.75, 3.05) is 12.0 Å². The van der Waals surface area contributed by atoms with Crippen LogP contribution in [0, 0.1) is 6.92 Å². The average Bonchev–Trinajstić information content (AvgIpc) is 3.40. The van der Waals surface area contributed by atoms with Gasteiger partial charge in [-0.1, -0.05) is 6.07 Å². The quantitative estimate of drug-likeness (QED) is 0.477. The molecule has 0 radical (unpaired) electrons. The van der Waals surface area contributed by atoms with Gasteiger partial charge in [0, 0.05) is 18.2 Å². The van der Waals surface area contributed by atoms with Gasteiger partial charge in [-0.25, -0.2) is 18.1 Å². The number of rotatable bonds is 4. The molecular formula is C22H19N5O3S. The zero-order valence-corrected chi connectivity index (χ0v) is 17.7. The lowest BCUT2D eigenvalue weighted by Gasteiger charge is -2.06. The van der Waals surface area contributed by atoms with E-state index in [2.05, 4.69) is 15.1 Å². The van der Waals surface area contributed by atoms with Crippen LogP contribution in [0.15, 0.2) is 53.1 Å². The number of ketones is 1. The number of aryl methyl sites for hydroxylation is 1. The Morgan fingerprint density at radius 1 is 1.19 bits per heavy atom. The van der Waals surface area contributed by atoms with Gasteiger partial charge in [0.25, 0.3) is 0 Å². The summed E-state index contributed by atoms with van der Waals surface area (Å²) in [5, 5.41) is 4.32. The highest BCUT2D eigenvalue weighted by Gasteiger charge is 2.25. The average molecular weight is 433 g/mol. The Hall–Kier alpha value is -3.72. The molecule has 0 aliphatic heterocycles. The minimum atomic E-state index is -3.31. The van der Waals surface area contributed by atoms with Crippen molar-refractivity contribution in [3.8, 4) is 5.69 Å². The van der Waals surface area contributed by atoms with Gasteiger partial charge in [0.2, 0.25) is 0 Å². The zero-order valence-electron chi connectivity index (χ0n) is 16.9. The summed E-state index contributed by atoms with van der Waals surface area (Å²) in [4.78, 5) is 20.9. The van der Waals surface area contributed by atoms with Crippen LogP contribution in [0.2, 0.25) is 0 Å². The number of aromatic amines is 1. The molecule has 2 heterocycles. The molecule has 0 atom stereocenters. The van der Waals surface area contributed by atoms with Gasteiger partial charge < -0.3 is 10.7 Å². The summed E-state index contributed by atoms with van der Waals surface area (Å²) >= 11 is 0. The monoisotopic (exact) mass is 433 g/mol. The lowest BCUT2D eigenvalue weighted by molar-refractivity contribution is 0.103. The fourth-order valence-electron chi connectivity index (χ4n) is 3.86. The summed E-state index contributed by atoms with van der Waals surface area (Å²) in [5.74, 6) is 0.830. The van der Waals surface area contributed by atoms with Gasteiger partial charge in [-0.05, 0) is 54.5 Å². The van der Waals surface area contributed by atoms with Crippen molar-refractivity contribution < 1.29 is 13.2 Å². The predicted octanol–water partition coefficient (Wildman–Crippen LogP) is 2.87. The number of Topliss-reactive ketones (excluding diaryl/α,β-unsaturated/α-hetero) is 1. The number of carbonyl (C=O) groups is 1. The Morgan fingerprint density at radius 3 is 2.77 bits per heavy atom. The number of benzene rings is 2. The Morgan fingerprint density at radius 2 is 2.00 bits per heavy atom. The Balaban J connectivity index is 1.46. The summed E-state index contributed by atoms with van der Waals surface area (Å²) in [6.45, 7) is 1.88. The first-order valence-corrected chi connectivity index (χ1v) is 11.5. The van der Waals surface area contributed by atoms with Crippen molar-refractivity contribution in [1.82, 2.24) is 19.7 Å². The molecule has 9 heteroatoms. The van der Waals surface area contributed by atoms with E-state index in [1.165, 1.54) is 17.1 Å². The number of aromatic nitrogens is 4. The van der Waals surface area contributed by atoms with Crippen LogP contribution in [0.25, 0.3) is 22.8 Å². The fourth-order valence-corrected chi connectivity index (χ4v) is 4.54. The number of sulfone groups is 1. The predicted molar refractivity (Wildman–Crippen MR) is 118 cm³/mol. The molecule has 0 fully saturated rings. The lowest BCUT2D eigenvalue weighted by Crippen LogP contribution is -2.08. The van der Waals surface area contributed by atoms with E-state index in [0.29, 0.717) is 23.2 Å². The Bertz CT molecular complexity index is 1530. The summed E-state index contributed by atoms with van der Waals surface area (Å²) < 4.78 is 25.2. The van der Waals surface area contributed by atoms with Gasteiger partial charge in [0.05, 0.1) is 33.4 Å². The number of nitrogens with zero attached hydrogens (tertiary/aromatic N) is 3. The van der Waals surface area contributed by atoms with Crippen molar-refractivity contribution in [2.45, 2.75) is 18.2 Å². The molecule has 156 valence electrons. The van der Waals surface area contributed by atoms with Crippen molar-refractivity contribution in [3.63, 3.8) is 0 Å². The maximum Gasteiger partial charge on any atom is 0.194 e. The van der Waals surface area contributed by atoms with E-state index in [0.717, 1.165) is 28.0 Å². The second-order valence-electron chi connectivity index (χ2n) is 7.69. The van der Waals surface area contributed by atoms with Gasteiger partial charge in [0.15, 0.2) is 15.6 Å². The van der Waals surface area contributed by atoms with Gasteiger partial charge in [-0.15, -0.1) is 0 Å². The third-order valence-corrected chi connectivity index (χ3v) is 6.53. The zero-order chi connectivity index (χ0) is 21.9. The third kappa shape index (κ3) is 3.23. The van der Waals surface area contributed by atoms with E-state index in [9.17, 15) is 13.2 Å². The molecule has 0 saturated heterocycles. The number of allylic oxidation sites excluding steroid dienone is 1. The normalized spacial score (nSPS) is 13.4. The SMILES string of the molecule is Cc1nc2ccc(-n3ncc(C(=O)C4=Cc5ccc(S(C)(=O)=O)cc5C4)c3N)cc2[nH]1. The largest absolute Gasteiger partial charge is 0.383 e. The van der Waals surface area contributed by atoms with Crippen LogP contribution in [0.5, 0.6) is 0 Å². The summed E-state index contributed by atoms with van der Waals surface area (Å²) in [6, 6.07) is 10.5. The second kappa shape index (κ2) is 6.64. The molecule has 0 saturated carbocycles. The molecule has 0 bridgehead atoms. The molecule has 0 spiro atoms. The molecule has 5 rings (SSSR count). The molecule has 4 aromatic rings. The van der Waals surface area contributed by atoms with Gasteiger partial charge in [0.1, 0.15) is 11.6 Å². The highest BCUT2D eigenvalue weighted by Crippen LogP contribution is 2.31. The molecule has 2 aromatic carbocycles. The molecule has 0 unspecified atom stereocenters. The van der Waals surface area contributed by atoms with E-state index in [4.69, 9.17) is 5.73 Å². The van der Waals surface area contributed by atoms with E-state index in [-0.39, 0.29) is 16.5 Å². The fraction of sp³-hybridized carbons (Fsp3) is 0.136. The first-order valence-electron chi connectivity index (χ1n) is 9.59. The van der Waals surface area contributed by atoms with Crippen LogP contribution >= 0.6 is 0 Å². The number of nitrogen functional groups attached to an aromatic ring is 1. The topological polar surface area (TPSA) is 124 Å². The molecule has 1 aliphatic rings. The Labute approximate surface area is 178 Å². The molecule has 3 N–H and O–H groups in total. The molecule has 8 nitrogen and oxygen atoms in total. The summed E-state index contributed by atoms with van der Waals surface area (Å²) in [5.41, 5.74) is 11.2. The maximum absolute atomic E-state index is 13.1.